The second-order valence-corrected chi connectivity index (χ2v) is 3.44. The molecule has 0 atom stereocenters. The molecule has 0 spiro atoms. The molecule has 10 heavy (non-hydrogen) atoms. The van der Waals surface area contributed by atoms with Gasteiger partial charge in [0.1, 0.15) is 0 Å². The third-order valence-electron chi connectivity index (χ3n) is 0.994. The first-order chi connectivity index (χ1) is 4.63. The van der Waals surface area contributed by atoms with E-state index in [1.807, 2.05) is 0 Å². The third kappa shape index (κ3) is 7.60. The molecule has 0 N–H and O–H groups in total. The van der Waals surface area contributed by atoms with E-state index >= 15 is 0 Å². The van der Waals surface area contributed by atoms with Gasteiger partial charge in [-0.3, -0.25) is 0 Å². The van der Waals surface area contributed by atoms with Crippen LogP contribution in [-0.2, 0) is 0 Å². The molecule has 0 aromatic heterocycles. The Bertz CT molecular complexity index is 83.4. The zero-order chi connectivity index (χ0) is 7.98. The summed E-state index contributed by atoms with van der Waals surface area (Å²) in [5.41, 5.74) is 0. The Morgan fingerprint density at radius 1 is 0.800 bits per heavy atom. The SMILES string of the molecule is CC(C)C/N=N/CC(C)C. The van der Waals surface area contributed by atoms with Gasteiger partial charge in [-0.15, -0.1) is 0 Å². The summed E-state index contributed by atoms with van der Waals surface area (Å²) in [6.07, 6.45) is 0. The summed E-state index contributed by atoms with van der Waals surface area (Å²) in [7, 11) is 0. The Morgan fingerprint density at radius 2 is 1.10 bits per heavy atom. The first-order valence-corrected chi connectivity index (χ1v) is 3.96. The van der Waals surface area contributed by atoms with Gasteiger partial charge < -0.3 is 0 Å². The second kappa shape index (κ2) is 5.39. The van der Waals surface area contributed by atoms with Gasteiger partial charge in [0.2, 0.25) is 0 Å². The Morgan fingerprint density at radius 3 is 1.30 bits per heavy atom. The van der Waals surface area contributed by atoms with Gasteiger partial charge >= 0.3 is 0 Å². The van der Waals surface area contributed by atoms with Crippen LogP contribution in [0.1, 0.15) is 27.7 Å². The van der Waals surface area contributed by atoms with Crippen molar-refractivity contribution in [3.8, 4) is 0 Å². The third-order valence-corrected chi connectivity index (χ3v) is 0.994. The Kier molecular flexibility index (Phi) is 5.17. The molecule has 0 saturated heterocycles. The number of hydrogen-bond donors (Lipinski definition) is 0. The molecule has 0 saturated carbocycles. The molecule has 0 amide bonds. The van der Waals surface area contributed by atoms with Crippen LogP contribution in [0.4, 0.5) is 0 Å². The van der Waals surface area contributed by atoms with E-state index in [1.165, 1.54) is 0 Å². The monoisotopic (exact) mass is 142 g/mol. The summed E-state index contributed by atoms with van der Waals surface area (Å²) in [6.45, 7) is 10.3. The van der Waals surface area contributed by atoms with Crippen molar-refractivity contribution in [3.05, 3.63) is 0 Å². The lowest BCUT2D eigenvalue weighted by Gasteiger charge is -1.97. The van der Waals surface area contributed by atoms with Crippen LogP contribution in [0.15, 0.2) is 10.2 Å². The van der Waals surface area contributed by atoms with Crippen molar-refractivity contribution >= 4 is 0 Å². The van der Waals surface area contributed by atoms with Gasteiger partial charge in [-0.1, -0.05) is 27.7 Å². The van der Waals surface area contributed by atoms with E-state index < -0.39 is 0 Å². The highest BCUT2D eigenvalue weighted by molar-refractivity contribution is 4.48. The van der Waals surface area contributed by atoms with Crippen LogP contribution in [0.25, 0.3) is 0 Å². The van der Waals surface area contributed by atoms with Crippen LogP contribution < -0.4 is 0 Å². The minimum absolute atomic E-state index is 0.635. The predicted molar refractivity (Wildman–Crippen MR) is 44.3 cm³/mol. The smallest absolute Gasteiger partial charge is 0.0621 e. The van der Waals surface area contributed by atoms with Gasteiger partial charge in [0.25, 0.3) is 0 Å². The maximum atomic E-state index is 4.04. The van der Waals surface area contributed by atoms with E-state index in [2.05, 4.69) is 37.9 Å². The van der Waals surface area contributed by atoms with Crippen molar-refractivity contribution in [1.82, 2.24) is 0 Å². The van der Waals surface area contributed by atoms with E-state index in [-0.39, 0.29) is 0 Å². The summed E-state index contributed by atoms with van der Waals surface area (Å²) in [5, 5.41) is 8.07. The lowest BCUT2D eigenvalue weighted by atomic mass is 10.2. The van der Waals surface area contributed by atoms with E-state index in [4.69, 9.17) is 0 Å². The molecule has 0 aromatic carbocycles. The normalized spacial score (nSPS) is 12.2. The zero-order valence-electron chi connectivity index (χ0n) is 7.46. The highest BCUT2D eigenvalue weighted by Crippen LogP contribution is 1.95. The van der Waals surface area contributed by atoms with Gasteiger partial charge in [0.05, 0.1) is 13.1 Å². The molecular weight excluding hydrogens is 124 g/mol. The van der Waals surface area contributed by atoms with E-state index in [9.17, 15) is 0 Å². The van der Waals surface area contributed by atoms with E-state index in [1.54, 1.807) is 0 Å². The highest BCUT2D eigenvalue weighted by Gasteiger charge is 1.90. The fourth-order valence-corrected chi connectivity index (χ4v) is 0.442. The number of azo groups is 1. The molecule has 0 aliphatic heterocycles. The fraction of sp³-hybridized carbons (Fsp3) is 1.00. The zero-order valence-corrected chi connectivity index (χ0v) is 7.46. The van der Waals surface area contributed by atoms with Crippen LogP contribution in [0.2, 0.25) is 0 Å². The molecule has 2 nitrogen and oxygen atoms in total. The molecule has 60 valence electrons. The summed E-state index contributed by atoms with van der Waals surface area (Å²) >= 11 is 0. The Balaban J connectivity index is 3.20. The van der Waals surface area contributed by atoms with Crippen molar-refractivity contribution in [2.45, 2.75) is 27.7 Å². The minimum Gasteiger partial charge on any atom is -0.194 e. The number of rotatable bonds is 4. The lowest BCUT2D eigenvalue weighted by Crippen LogP contribution is -1.94. The Hall–Kier alpha value is -0.400. The number of hydrogen-bond acceptors (Lipinski definition) is 2. The summed E-state index contributed by atoms with van der Waals surface area (Å²) < 4.78 is 0. The molecule has 0 unspecified atom stereocenters. The molecule has 0 aliphatic rings. The first kappa shape index (κ1) is 9.60. The van der Waals surface area contributed by atoms with Crippen molar-refractivity contribution in [2.24, 2.45) is 22.1 Å². The predicted octanol–water partition coefficient (Wildman–Crippen LogP) is 2.75. The van der Waals surface area contributed by atoms with Crippen LogP contribution in [-0.4, -0.2) is 13.1 Å². The fourth-order valence-electron chi connectivity index (χ4n) is 0.442. The summed E-state index contributed by atoms with van der Waals surface area (Å²) in [5.74, 6) is 1.27. The summed E-state index contributed by atoms with van der Waals surface area (Å²) in [6, 6.07) is 0. The second-order valence-electron chi connectivity index (χ2n) is 3.44. The van der Waals surface area contributed by atoms with Crippen molar-refractivity contribution in [1.29, 1.82) is 0 Å². The topological polar surface area (TPSA) is 24.7 Å². The van der Waals surface area contributed by atoms with Gasteiger partial charge in [-0.05, 0) is 11.8 Å². The standard InChI is InChI=1S/C8H18N2/c1-7(2)5-9-10-6-8(3)4/h7-8H,5-6H2,1-4H3/b10-9+. The first-order valence-electron chi connectivity index (χ1n) is 3.96. The number of nitrogens with zero attached hydrogens (tertiary/aromatic N) is 2. The Labute approximate surface area is 63.7 Å². The minimum atomic E-state index is 0.635. The van der Waals surface area contributed by atoms with Crippen LogP contribution in [0.5, 0.6) is 0 Å². The average Bonchev–Trinajstić information content (AvgIpc) is 1.79. The van der Waals surface area contributed by atoms with Gasteiger partial charge in [0, 0.05) is 0 Å². The molecule has 0 rings (SSSR count). The van der Waals surface area contributed by atoms with Crippen LogP contribution in [0, 0.1) is 11.8 Å². The average molecular weight is 142 g/mol. The quantitative estimate of drug-likeness (QED) is 0.539. The molecule has 0 heterocycles. The van der Waals surface area contributed by atoms with Crippen molar-refractivity contribution in [3.63, 3.8) is 0 Å². The molecule has 0 aliphatic carbocycles. The molecule has 0 aromatic rings. The summed E-state index contributed by atoms with van der Waals surface area (Å²) in [4.78, 5) is 0. The molecular formula is C8H18N2. The van der Waals surface area contributed by atoms with E-state index in [0.29, 0.717) is 11.8 Å². The van der Waals surface area contributed by atoms with Gasteiger partial charge in [-0.2, -0.15) is 10.2 Å². The van der Waals surface area contributed by atoms with Crippen molar-refractivity contribution in [2.75, 3.05) is 13.1 Å². The maximum Gasteiger partial charge on any atom is 0.0621 e. The van der Waals surface area contributed by atoms with E-state index in [0.717, 1.165) is 13.1 Å². The molecule has 0 bridgehead atoms. The molecule has 0 fully saturated rings. The van der Waals surface area contributed by atoms with Gasteiger partial charge in [-0.25, -0.2) is 0 Å². The molecule has 0 radical (unpaired) electrons. The van der Waals surface area contributed by atoms with Crippen LogP contribution in [0.3, 0.4) is 0 Å². The van der Waals surface area contributed by atoms with Crippen molar-refractivity contribution < 1.29 is 0 Å². The maximum absolute atomic E-state index is 4.04. The largest absolute Gasteiger partial charge is 0.194 e. The van der Waals surface area contributed by atoms with Gasteiger partial charge in [0.15, 0.2) is 0 Å². The van der Waals surface area contributed by atoms with Crippen LogP contribution >= 0.6 is 0 Å². The lowest BCUT2D eigenvalue weighted by molar-refractivity contribution is 0.597. The highest BCUT2D eigenvalue weighted by atomic mass is 15.1. The molecule has 2 heteroatoms.